The van der Waals surface area contributed by atoms with Gasteiger partial charge in [-0.05, 0) is 47.5 Å². The highest BCUT2D eigenvalue weighted by Gasteiger charge is 2.24. The summed E-state index contributed by atoms with van der Waals surface area (Å²) in [5.74, 6) is -0.337. The molecule has 15 heavy (non-hydrogen) atoms. The molecule has 0 aliphatic rings. The molecule has 1 rings (SSSR count). The molecule has 1 atom stereocenters. The van der Waals surface area contributed by atoms with Crippen LogP contribution < -0.4 is 0 Å². The van der Waals surface area contributed by atoms with Crippen molar-refractivity contribution in [2.45, 2.75) is 32.0 Å². The normalized spacial score (nSPS) is 14.0. The maximum atomic E-state index is 12.9. The van der Waals surface area contributed by atoms with Gasteiger partial charge in [-0.15, -0.1) is 0 Å². The van der Waals surface area contributed by atoms with Crippen LogP contribution in [0.5, 0.6) is 0 Å². The monoisotopic (exact) mass is 276 g/mol. The zero-order valence-corrected chi connectivity index (χ0v) is 10.3. The zero-order chi connectivity index (χ0) is 11.6. The zero-order valence-electron chi connectivity index (χ0n) is 8.67. The summed E-state index contributed by atoms with van der Waals surface area (Å²) in [5.41, 5.74) is -0.376. The summed E-state index contributed by atoms with van der Waals surface area (Å²) < 4.78 is 13.3. The lowest BCUT2D eigenvalue weighted by Crippen LogP contribution is -2.37. The predicted molar refractivity (Wildman–Crippen MR) is 60.1 cm³/mol. The van der Waals surface area contributed by atoms with E-state index in [1.54, 1.807) is 12.1 Å². The summed E-state index contributed by atoms with van der Waals surface area (Å²) in [5, 5.41) is 19.2. The molecule has 0 amide bonds. The van der Waals surface area contributed by atoms with Gasteiger partial charge in [-0.2, -0.15) is 0 Å². The minimum Gasteiger partial charge on any atom is -0.390 e. The molecule has 0 aliphatic heterocycles. The molecule has 2 nitrogen and oxygen atoms in total. The van der Waals surface area contributed by atoms with Gasteiger partial charge in [0.2, 0.25) is 0 Å². The third-order valence-electron chi connectivity index (χ3n) is 2.23. The van der Waals surface area contributed by atoms with Crippen LogP contribution in [0.2, 0.25) is 0 Å². The summed E-state index contributed by atoms with van der Waals surface area (Å²) in [6, 6.07) is 4.52. The average molecular weight is 277 g/mol. The highest BCUT2D eigenvalue weighted by atomic mass is 79.9. The van der Waals surface area contributed by atoms with E-state index in [1.165, 1.54) is 19.9 Å². The molecule has 0 fully saturated rings. The highest BCUT2D eigenvalue weighted by molar-refractivity contribution is 9.10. The summed E-state index contributed by atoms with van der Waals surface area (Å²) in [6.07, 6.45) is -0.572. The molecule has 0 aromatic heterocycles. The molecular weight excluding hydrogens is 263 g/mol. The molecule has 0 aliphatic carbocycles. The minimum absolute atomic E-state index is 0.294. The molecule has 0 saturated carbocycles. The van der Waals surface area contributed by atoms with Gasteiger partial charge in [-0.1, -0.05) is 6.07 Å². The van der Waals surface area contributed by atoms with E-state index in [2.05, 4.69) is 15.9 Å². The third-order valence-corrected chi connectivity index (χ3v) is 2.84. The quantitative estimate of drug-likeness (QED) is 0.889. The van der Waals surface area contributed by atoms with Gasteiger partial charge in [-0.25, -0.2) is 4.39 Å². The fourth-order valence-electron chi connectivity index (χ4n) is 1.14. The Balaban J connectivity index is 2.78. The summed E-state index contributed by atoms with van der Waals surface area (Å²) >= 11 is 3.07. The fourth-order valence-corrected chi connectivity index (χ4v) is 1.57. The first-order valence-corrected chi connectivity index (χ1v) is 5.44. The Morgan fingerprint density at radius 2 is 2.07 bits per heavy atom. The molecule has 1 aromatic carbocycles. The van der Waals surface area contributed by atoms with Crippen molar-refractivity contribution in [3.63, 3.8) is 0 Å². The lowest BCUT2D eigenvalue weighted by molar-refractivity contribution is -0.0469. The van der Waals surface area contributed by atoms with Crippen molar-refractivity contribution in [3.05, 3.63) is 34.1 Å². The van der Waals surface area contributed by atoms with Crippen LogP contribution in [0.25, 0.3) is 0 Å². The molecule has 0 radical (unpaired) electrons. The van der Waals surface area contributed by atoms with E-state index in [9.17, 15) is 14.6 Å². The molecule has 2 N–H and O–H groups in total. The summed E-state index contributed by atoms with van der Waals surface area (Å²) in [6.45, 7) is 3.08. The molecule has 4 heteroatoms. The topological polar surface area (TPSA) is 40.5 Å². The van der Waals surface area contributed by atoms with Gasteiger partial charge >= 0.3 is 0 Å². The number of aliphatic hydroxyl groups excluding tert-OH is 1. The van der Waals surface area contributed by atoms with Gasteiger partial charge in [0.25, 0.3) is 0 Å². The Hall–Kier alpha value is -0.450. The standard InChI is InChI=1S/C11H14BrFO2/c1-11(2,15)10(14)6-7-3-4-9(13)8(12)5-7/h3-5,10,14-15H,6H2,1-2H3. The smallest absolute Gasteiger partial charge is 0.137 e. The first-order chi connectivity index (χ1) is 6.80. The van der Waals surface area contributed by atoms with Crippen molar-refractivity contribution in [1.82, 2.24) is 0 Å². The van der Waals surface area contributed by atoms with Gasteiger partial charge in [0, 0.05) is 6.42 Å². The van der Waals surface area contributed by atoms with E-state index in [0.29, 0.717) is 10.9 Å². The Kier molecular flexibility index (Phi) is 3.87. The number of benzene rings is 1. The molecule has 0 spiro atoms. The Morgan fingerprint density at radius 1 is 1.47 bits per heavy atom. The van der Waals surface area contributed by atoms with Gasteiger partial charge in [-0.3, -0.25) is 0 Å². The van der Waals surface area contributed by atoms with Crippen LogP contribution in [-0.2, 0) is 6.42 Å². The second kappa shape index (κ2) is 4.60. The van der Waals surface area contributed by atoms with E-state index in [-0.39, 0.29) is 5.82 Å². The van der Waals surface area contributed by atoms with E-state index >= 15 is 0 Å². The molecule has 0 bridgehead atoms. The van der Waals surface area contributed by atoms with Gasteiger partial charge in [0.15, 0.2) is 0 Å². The average Bonchev–Trinajstić information content (AvgIpc) is 2.10. The van der Waals surface area contributed by atoms with Crippen LogP contribution in [-0.4, -0.2) is 21.9 Å². The summed E-state index contributed by atoms with van der Waals surface area (Å²) in [7, 11) is 0. The maximum absolute atomic E-state index is 12.9. The largest absolute Gasteiger partial charge is 0.390 e. The SMILES string of the molecule is CC(C)(O)C(O)Cc1ccc(F)c(Br)c1. The molecule has 84 valence electrons. The van der Waals surface area contributed by atoms with Crippen molar-refractivity contribution in [3.8, 4) is 0 Å². The third kappa shape index (κ3) is 3.55. The Morgan fingerprint density at radius 3 is 2.53 bits per heavy atom. The number of hydrogen-bond acceptors (Lipinski definition) is 2. The number of aliphatic hydroxyl groups is 2. The van der Waals surface area contributed by atoms with Crippen molar-refractivity contribution in [2.75, 3.05) is 0 Å². The molecular formula is C11H14BrFO2. The van der Waals surface area contributed by atoms with Crippen LogP contribution >= 0.6 is 15.9 Å². The van der Waals surface area contributed by atoms with E-state index in [1.807, 2.05) is 0 Å². The molecule has 1 aromatic rings. The van der Waals surface area contributed by atoms with Crippen molar-refractivity contribution in [2.24, 2.45) is 0 Å². The lowest BCUT2D eigenvalue weighted by Gasteiger charge is -2.24. The number of rotatable bonds is 3. The van der Waals surface area contributed by atoms with Crippen LogP contribution in [0.15, 0.2) is 22.7 Å². The Bertz CT molecular complexity index is 347. The number of hydrogen-bond donors (Lipinski definition) is 2. The van der Waals surface area contributed by atoms with Crippen molar-refractivity contribution in [1.29, 1.82) is 0 Å². The van der Waals surface area contributed by atoms with Gasteiger partial charge in [0.05, 0.1) is 16.2 Å². The van der Waals surface area contributed by atoms with E-state index < -0.39 is 11.7 Å². The van der Waals surface area contributed by atoms with Crippen molar-refractivity contribution < 1.29 is 14.6 Å². The van der Waals surface area contributed by atoms with Crippen LogP contribution in [0.4, 0.5) is 4.39 Å². The van der Waals surface area contributed by atoms with Crippen LogP contribution in [0.3, 0.4) is 0 Å². The maximum Gasteiger partial charge on any atom is 0.137 e. The Labute approximate surface area is 96.9 Å². The summed E-state index contributed by atoms with van der Waals surface area (Å²) in [4.78, 5) is 0. The molecule has 0 heterocycles. The molecule has 0 saturated heterocycles. The van der Waals surface area contributed by atoms with E-state index in [4.69, 9.17) is 0 Å². The minimum atomic E-state index is -1.15. The number of halogens is 2. The van der Waals surface area contributed by atoms with Gasteiger partial charge in [0.1, 0.15) is 5.82 Å². The van der Waals surface area contributed by atoms with Crippen LogP contribution in [0, 0.1) is 5.82 Å². The first kappa shape index (κ1) is 12.6. The fraction of sp³-hybridized carbons (Fsp3) is 0.455. The first-order valence-electron chi connectivity index (χ1n) is 4.65. The molecule has 1 unspecified atom stereocenters. The van der Waals surface area contributed by atoms with Crippen molar-refractivity contribution >= 4 is 15.9 Å². The lowest BCUT2D eigenvalue weighted by atomic mass is 9.95. The second-order valence-electron chi connectivity index (χ2n) is 4.12. The highest BCUT2D eigenvalue weighted by Crippen LogP contribution is 2.20. The van der Waals surface area contributed by atoms with Gasteiger partial charge < -0.3 is 10.2 Å². The van der Waals surface area contributed by atoms with Crippen LogP contribution in [0.1, 0.15) is 19.4 Å². The van der Waals surface area contributed by atoms with E-state index in [0.717, 1.165) is 5.56 Å². The predicted octanol–water partition coefficient (Wildman–Crippen LogP) is 2.26. The second-order valence-corrected chi connectivity index (χ2v) is 4.98.